The quantitative estimate of drug-likeness (QED) is 0.622. The smallest absolute Gasteiger partial charge is 0.131 e. The molecule has 0 aliphatic carbocycles. The van der Waals surface area contributed by atoms with Gasteiger partial charge in [0.1, 0.15) is 5.82 Å². The lowest BCUT2D eigenvalue weighted by Gasteiger charge is -2.37. The molecule has 0 N–H and O–H groups in total. The highest BCUT2D eigenvalue weighted by Crippen LogP contribution is 2.35. The Morgan fingerprint density at radius 3 is 2.29 bits per heavy atom. The van der Waals surface area contributed by atoms with E-state index in [1.165, 1.54) is 5.19 Å². The van der Waals surface area contributed by atoms with Crippen LogP contribution in [0.25, 0.3) is 0 Å². The van der Waals surface area contributed by atoms with Crippen molar-refractivity contribution in [3.63, 3.8) is 0 Å². The average molecular weight is 209 g/mol. The molecule has 1 aromatic rings. The van der Waals surface area contributed by atoms with E-state index in [1.54, 1.807) is 12.1 Å². The molecule has 0 aliphatic rings. The number of halogens is 1. The van der Waals surface area contributed by atoms with E-state index in [2.05, 4.69) is 39.9 Å². The fourth-order valence-electron chi connectivity index (χ4n) is 1.26. The van der Waals surface area contributed by atoms with E-state index < -0.39 is 8.07 Å². The summed E-state index contributed by atoms with van der Waals surface area (Å²) in [5.41, 5.74) is 0. The SMILES string of the molecule is CC(C)(C)[Si](C)(C)c1cc[c]c(F)c1. The van der Waals surface area contributed by atoms with Gasteiger partial charge < -0.3 is 0 Å². The molecule has 0 amide bonds. The second-order valence-electron chi connectivity index (χ2n) is 5.30. The second-order valence-corrected chi connectivity index (χ2v) is 10.6. The van der Waals surface area contributed by atoms with Crippen LogP contribution in [0.2, 0.25) is 18.1 Å². The fraction of sp³-hybridized carbons (Fsp3) is 0.500. The van der Waals surface area contributed by atoms with Gasteiger partial charge in [-0.3, -0.25) is 0 Å². The number of hydrogen-bond acceptors (Lipinski definition) is 0. The van der Waals surface area contributed by atoms with Gasteiger partial charge in [-0.15, -0.1) is 0 Å². The molecule has 0 atom stereocenters. The van der Waals surface area contributed by atoms with Crippen molar-refractivity contribution in [1.82, 2.24) is 0 Å². The first-order chi connectivity index (χ1) is 6.25. The minimum atomic E-state index is -1.57. The topological polar surface area (TPSA) is 0 Å². The maximum atomic E-state index is 13.1. The zero-order valence-corrected chi connectivity index (χ0v) is 10.6. The Morgan fingerprint density at radius 2 is 1.86 bits per heavy atom. The molecule has 0 aliphatic heterocycles. The van der Waals surface area contributed by atoms with Crippen LogP contribution < -0.4 is 5.19 Å². The Bertz CT molecular complexity index is 323. The summed E-state index contributed by atoms with van der Waals surface area (Å²) in [5, 5.41) is 1.42. The molecule has 1 radical (unpaired) electrons. The normalized spacial score (nSPS) is 13.0. The summed E-state index contributed by atoms with van der Waals surface area (Å²) in [7, 11) is -1.57. The summed E-state index contributed by atoms with van der Waals surface area (Å²) in [4.78, 5) is 0. The summed E-state index contributed by atoms with van der Waals surface area (Å²) < 4.78 is 13.1. The molecule has 0 fully saturated rings. The Hall–Kier alpha value is -0.633. The average Bonchev–Trinajstić information content (AvgIpc) is 2.02. The van der Waals surface area contributed by atoms with E-state index in [1.807, 2.05) is 6.07 Å². The standard InChI is InChI=1S/C12H18FSi/c1-12(2,3)14(4,5)11-8-6-7-10(13)9-11/h6,8-9H,1-5H3. The van der Waals surface area contributed by atoms with E-state index in [9.17, 15) is 4.39 Å². The van der Waals surface area contributed by atoms with Crippen LogP contribution in [0.4, 0.5) is 4.39 Å². The van der Waals surface area contributed by atoms with Crippen LogP contribution in [-0.2, 0) is 0 Å². The third kappa shape index (κ3) is 2.06. The minimum Gasteiger partial charge on any atom is -0.206 e. The Labute approximate surface area is 87.2 Å². The molecule has 0 aromatic heterocycles. The van der Waals surface area contributed by atoms with Crippen molar-refractivity contribution < 1.29 is 4.39 Å². The van der Waals surface area contributed by atoms with Crippen LogP contribution in [0.3, 0.4) is 0 Å². The maximum Gasteiger partial charge on any atom is 0.131 e. The summed E-state index contributed by atoms with van der Waals surface area (Å²) in [6.45, 7) is 11.2. The molecule has 0 nitrogen and oxygen atoms in total. The van der Waals surface area contributed by atoms with Crippen LogP contribution in [-0.4, -0.2) is 8.07 Å². The molecule has 0 heterocycles. The fourth-order valence-corrected chi connectivity index (χ4v) is 3.11. The van der Waals surface area contributed by atoms with Crippen molar-refractivity contribution in [2.75, 3.05) is 0 Å². The first-order valence-corrected chi connectivity index (χ1v) is 7.93. The summed E-state index contributed by atoms with van der Waals surface area (Å²) in [6, 6.07) is 7.87. The van der Waals surface area contributed by atoms with Crippen LogP contribution in [0.1, 0.15) is 20.8 Å². The number of hydrogen-bond donors (Lipinski definition) is 0. The third-order valence-corrected chi connectivity index (χ3v) is 8.87. The first-order valence-electron chi connectivity index (χ1n) is 4.93. The molecule has 0 unspecified atom stereocenters. The molecule has 1 rings (SSSR count). The Kier molecular flexibility index (Phi) is 2.86. The van der Waals surface area contributed by atoms with E-state index in [-0.39, 0.29) is 10.9 Å². The number of benzene rings is 1. The third-order valence-electron chi connectivity index (χ3n) is 3.36. The van der Waals surface area contributed by atoms with E-state index in [0.717, 1.165) is 0 Å². The van der Waals surface area contributed by atoms with Gasteiger partial charge in [0.2, 0.25) is 0 Å². The van der Waals surface area contributed by atoms with Gasteiger partial charge in [0.15, 0.2) is 0 Å². The highest BCUT2D eigenvalue weighted by atomic mass is 28.3. The van der Waals surface area contributed by atoms with E-state index in [0.29, 0.717) is 0 Å². The van der Waals surface area contributed by atoms with Gasteiger partial charge in [0.25, 0.3) is 0 Å². The van der Waals surface area contributed by atoms with Gasteiger partial charge in [0.05, 0.1) is 8.07 Å². The molecule has 77 valence electrons. The molecule has 0 bridgehead atoms. The van der Waals surface area contributed by atoms with Gasteiger partial charge in [-0.2, -0.15) is 0 Å². The monoisotopic (exact) mass is 209 g/mol. The van der Waals surface area contributed by atoms with E-state index >= 15 is 0 Å². The lowest BCUT2D eigenvalue weighted by molar-refractivity contribution is 0.626. The molecular weight excluding hydrogens is 191 g/mol. The zero-order chi connectivity index (χ0) is 11.0. The molecular formula is C12H18FSi. The Morgan fingerprint density at radius 1 is 1.29 bits per heavy atom. The molecule has 2 heteroatoms. The van der Waals surface area contributed by atoms with Crippen molar-refractivity contribution >= 4 is 13.3 Å². The summed E-state index contributed by atoms with van der Waals surface area (Å²) >= 11 is 0. The number of rotatable bonds is 1. The van der Waals surface area contributed by atoms with Gasteiger partial charge in [-0.05, 0) is 11.1 Å². The minimum absolute atomic E-state index is 0.243. The van der Waals surface area contributed by atoms with Crippen LogP contribution in [0.15, 0.2) is 18.2 Å². The summed E-state index contributed by atoms with van der Waals surface area (Å²) in [5.74, 6) is -0.243. The van der Waals surface area contributed by atoms with E-state index in [4.69, 9.17) is 0 Å². The van der Waals surface area contributed by atoms with Gasteiger partial charge in [0, 0.05) is 6.07 Å². The maximum absolute atomic E-state index is 13.1. The van der Waals surface area contributed by atoms with Crippen molar-refractivity contribution in [1.29, 1.82) is 0 Å². The molecule has 0 saturated heterocycles. The highest BCUT2D eigenvalue weighted by Gasteiger charge is 2.36. The van der Waals surface area contributed by atoms with Crippen molar-refractivity contribution in [2.24, 2.45) is 0 Å². The molecule has 0 saturated carbocycles. The highest BCUT2D eigenvalue weighted by molar-refractivity contribution is 6.92. The zero-order valence-electron chi connectivity index (χ0n) is 9.61. The Balaban J connectivity index is 3.16. The van der Waals surface area contributed by atoms with Gasteiger partial charge in [-0.1, -0.05) is 51.2 Å². The molecule has 14 heavy (non-hydrogen) atoms. The largest absolute Gasteiger partial charge is 0.206 e. The van der Waals surface area contributed by atoms with Crippen LogP contribution >= 0.6 is 0 Å². The van der Waals surface area contributed by atoms with Crippen molar-refractivity contribution in [3.05, 3.63) is 30.1 Å². The summed E-state index contributed by atoms with van der Waals surface area (Å²) in [6.07, 6.45) is 0. The first kappa shape index (κ1) is 11.4. The lowest BCUT2D eigenvalue weighted by Crippen LogP contribution is -2.49. The van der Waals surface area contributed by atoms with Gasteiger partial charge >= 0.3 is 0 Å². The van der Waals surface area contributed by atoms with Crippen LogP contribution in [0, 0.1) is 11.9 Å². The van der Waals surface area contributed by atoms with Gasteiger partial charge in [-0.25, -0.2) is 4.39 Å². The molecule has 0 spiro atoms. The lowest BCUT2D eigenvalue weighted by atomic mass is 10.2. The second kappa shape index (κ2) is 3.50. The van der Waals surface area contributed by atoms with Crippen LogP contribution in [0.5, 0.6) is 0 Å². The predicted octanol–water partition coefficient (Wildman–Crippen LogP) is 3.34. The molecule has 1 aromatic carbocycles. The van der Waals surface area contributed by atoms with Crippen molar-refractivity contribution in [3.8, 4) is 0 Å². The predicted molar refractivity (Wildman–Crippen MR) is 62.1 cm³/mol. The van der Waals surface area contributed by atoms with Crippen molar-refractivity contribution in [2.45, 2.75) is 38.9 Å².